The Morgan fingerprint density at radius 1 is 1.42 bits per heavy atom. The van der Waals surface area contributed by atoms with Crippen LogP contribution in [0.1, 0.15) is 11.9 Å². The zero-order chi connectivity index (χ0) is 8.39. The number of hydrogen-bond donors (Lipinski definition) is 0. The van der Waals surface area contributed by atoms with Gasteiger partial charge in [-0.15, -0.1) is 0 Å². The van der Waals surface area contributed by atoms with Crippen LogP contribution in [0.3, 0.4) is 0 Å². The van der Waals surface area contributed by atoms with Gasteiger partial charge >= 0.3 is 0 Å². The summed E-state index contributed by atoms with van der Waals surface area (Å²) in [4.78, 5) is 3.43. The quantitative estimate of drug-likeness (QED) is 0.593. The van der Waals surface area contributed by atoms with Gasteiger partial charge in [0.1, 0.15) is 0 Å². The molecule has 0 bridgehead atoms. The normalized spacial score (nSPS) is 18.4. The van der Waals surface area contributed by atoms with Crippen molar-refractivity contribution in [1.29, 1.82) is 0 Å². The van der Waals surface area contributed by atoms with Gasteiger partial charge in [0.05, 0.1) is 13.2 Å². The first-order valence-corrected chi connectivity index (χ1v) is 3.71. The van der Waals surface area contributed by atoms with Gasteiger partial charge in [0.25, 0.3) is 0 Å². The first-order valence-electron chi connectivity index (χ1n) is 3.71. The van der Waals surface area contributed by atoms with Crippen molar-refractivity contribution in [3.63, 3.8) is 0 Å². The van der Waals surface area contributed by atoms with Crippen LogP contribution in [0.2, 0.25) is 0 Å². The van der Waals surface area contributed by atoms with E-state index >= 15 is 0 Å². The first-order chi connectivity index (χ1) is 5.86. The Morgan fingerprint density at radius 2 is 2.17 bits per heavy atom. The van der Waals surface area contributed by atoms with Gasteiger partial charge in [0.15, 0.2) is 6.29 Å². The maximum Gasteiger partial charge on any atom is 0.213 e. The van der Waals surface area contributed by atoms with E-state index in [0.29, 0.717) is 18.8 Å². The Morgan fingerprint density at radius 3 is 2.83 bits per heavy atom. The van der Waals surface area contributed by atoms with E-state index in [1.165, 1.54) is 12.3 Å². The molecule has 0 saturated carbocycles. The molecule has 0 aromatic carbocycles. The van der Waals surface area contributed by atoms with Gasteiger partial charge in [0, 0.05) is 17.8 Å². The van der Waals surface area contributed by atoms with Gasteiger partial charge in [-0.3, -0.25) is 0 Å². The molecule has 1 aliphatic rings. The zero-order valence-corrected chi connectivity index (χ0v) is 6.37. The monoisotopic (exact) mass is 169 g/mol. The molecule has 0 N–H and O–H groups in total. The molecule has 0 atom stereocenters. The molecule has 1 saturated heterocycles. The first kappa shape index (κ1) is 7.64. The molecule has 0 spiro atoms. The Balaban J connectivity index is 2.21. The van der Waals surface area contributed by atoms with Crippen LogP contribution < -0.4 is 0 Å². The van der Waals surface area contributed by atoms with Crippen molar-refractivity contribution in [2.75, 3.05) is 13.2 Å². The van der Waals surface area contributed by atoms with Crippen molar-refractivity contribution in [3.8, 4) is 0 Å². The van der Waals surface area contributed by atoms with E-state index in [0.717, 1.165) is 0 Å². The summed E-state index contributed by atoms with van der Waals surface area (Å²) in [6.07, 6.45) is 0.984. The molecule has 1 aromatic heterocycles. The molecule has 2 heterocycles. The molecule has 0 radical (unpaired) electrons. The lowest BCUT2D eigenvalue weighted by Crippen LogP contribution is -1.98. The van der Waals surface area contributed by atoms with Crippen molar-refractivity contribution >= 4 is 0 Å². The molecular weight excluding hydrogens is 161 g/mol. The molecule has 3 nitrogen and oxygen atoms in total. The Kier molecular flexibility index (Phi) is 2.01. The third kappa shape index (κ3) is 1.44. The van der Waals surface area contributed by atoms with Crippen LogP contribution in [0.25, 0.3) is 0 Å². The van der Waals surface area contributed by atoms with Crippen LogP contribution >= 0.6 is 0 Å². The van der Waals surface area contributed by atoms with E-state index in [4.69, 9.17) is 9.47 Å². The molecular formula is C8H8FNO2. The van der Waals surface area contributed by atoms with Gasteiger partial charge < -0.3 is 9.47 Å². The number of aromatic nitrogens is 1. The molecule has 1 aliphatic heterocycles. The minimum Gasteiger partial charge on any atom is -0.346 e. The number of rotatable bonds is 1. The molecule has 0 aliphatic carbocycles. The van der Waals surface area contributed by atoms with Crippen LogP contribution in [0.4, 0.5) is 4.39 Å². The standard InChI is InChI=1S/C8H8FNO2/c9-7-5-6(1-2-10-7)8-11-3-4-12-8/h1-2,5,8H,3-4H2. The molecule has 2 rings (SSSR count). The number of halogens is 1. The zero-order valence-electron chi connectivity index (χ0n) is 6.37. The summed E-state index contributed by atoms with van der Waals surface area (Å²) in [6.45, 7) is 1.13. The van der Waals surface area contributed by atoms with E-state index < -0.39 is 12.2 Å². The second-order valence-corrected chi connectivity index (χ2v) is 2.49. The second kappa shape index (κ2) is 3.16. The third-order valence-electron chi connectivity index (χ3n) is 1.64. The van der Waals surface area contributed by atoms with E-state index in [1.807, 2.05) is 0 Å². The van der Waals surface area contributed by atoms with E-state index in [1.54, 1.807) is 6.07 Å². The lowest BCUT2D eigenvalue weighted by atomic mass is 10.2. The summed E-state index contributed by atoms with van der Waals surface area (Å²) in [5, 5.41) is 0. The minimum absolute atomic E-state index is 0.414. The van der Waals surface area contributed by atoms with Crippen molar-refractivity contribution < 1.29 is 13.9 Å². The predicted octanol–water partition coefficient (Wildman–Crippen LogP) is 1.27. The summed E-state index contributed by atoms with van der Waals surface area (Å²) in [6, 6.07) is 3.00. The van der Waals surface area contributed by atoms with Gasteiger partial charge in [-0.1, -0.05) is 0 Å². The summed E-state index contributed by atoms with van der Waals surface area (Å²) >= 11 is 0. The third-order valence-corrected chi connectivity index (χ3v) is 1.64. The molecule has 4 heteroatoms. The summed E-state index contributed by atoms with van der Waals surface area (Å²) in [5.74, 6) is -0.508. The summed E-state index contributed by atoms with van der Waals surface area (Å²) in [5.41, 5.74) is 0.681. The van der Waals surface area contributed by atoms with Gasteiger partial charge in [-0.25, -0.2) is 4.98 Å². The highest BCUT2D eigenvalue weighted by Gasteiger charge is 2.18. The Hall–Kier alpha value is -1.00. The van der Waals surface area contributed by atoms with Crippen LogP contribution in [0, 0.1) is 5.95 Å². The topological polar surface area (TPSA) is 31.4 Å². The van der Waals surface area contributed by atoms with Crippen LogP contribution in [-0.4, -0.2) is 18.2 Å². The number of pyridine rings is 1. The fraction of sp³-hybridized carbons (Fsp3) is 0.375. The smallest absolute Gasteiger partial charge is 0.213 e. The van der Waals surface area contributed by atoms with Gasteiger partial charge in [-0.2, -0.15) is 4.39 Å². The van der Waals surface area contributed by atoms with Crippen LogP contribution in [0.5, 0.6) is 0 Å². The Labute approximate surface area is 69.1 Å². The number of hydrogen-bond acceptors (Lipinski definition) is 3. The molecule has 1 aromatic rings. The maximum atomic E-state index is 12.6. The average Bonchev–Trinajstić information content (AvgIpc) is 2.56. The average molecular weight is 169 g/mol. The fourth-order valence-corrected chi connectivity index (χ4v) is 1.11. The minimum atomic E-state index is -0.508. The SMILES string of the molecule is Fc1cc(C2OCCO2)ccn1. The Bertz CT molecular complexity index is 274. The summed E-state index contributed by atoms with van der Waals surface area (Å²) < 4.78 is 23.0. The lowest BCUT2D eigenvalue weighted by molar-refractivity contribution is -0.0443. The number of ether oxygens (including phenoxy) is 2. The largest absolute Gasteiger partial charge is 0.346 e. The summed E-state index contributed by atoms with van der Waals surface area (Å²) in [7, 11) is 0. The predicted molar refractivity (Wildman–Crippen MR) is 38.8 cm³/mol. The molecule has 64 valence electrons. The molecule has 0 unspecified atom stereocenters. The van der Waals surface area contributed by atoms with E-state index in [2.05, 4.69) is 4.98 Å². The van der Waals surface area contributed by atoms with Crippen LogP contribution in [-0.2, 0) is 9.47 Å². The maximum absolute atomic E-state index is 12.6. The van der Waals surface area contributed by atoms with Gasteiger partial charge in [0.2, 0.25) is 5.95 Å². The van der Waals surface area contributed by atoms with Gasteiger partial charge in [-0.05, 0) is 6.07 Å². The molecule has 0 amide bonds. The highest BCUT2D eigenvalue weighted by Crippen LogP contribution is 2.22. The van der Waals surface area contributed by atoms with E-state index in [-0.39, 0.29) is 0 Å². The number of nitrogens with zero attached hydrogens (tertiary/aromatic N) is 1. The van der Waals surface area contributed by atoms with Crippen molar-refractivity contribution in [1.82, 2.24) is 4.98 Å². The lowest BCUT2D eigenvalue weighted by Gasteiger charge is -2.07. The molecule has 1 fully saturated rings. The second-order valence-electron chi connectivity index (χ2n) is 2.49. The molecule has 12 heavy (non-hydrogen) atoms. The fourth-order valence-electron chi connectivity index (χ4n) is 1.11. The van der Waals surface area contributed by atoms with Crippen molar-refractivity contribution in [3.05, 3.63) is 29.8 Å². The van der Waals surface area contributed by atoms with Crippen molar-refractivity contribution in [2.45, 2.75) is 6.29 Å². The highest BCUT2D eigenvalue weighted by atomic mass is 19.1. The van der Waals surface area contributed by atoms with E-state index in [9.17, 15) is 4.39 Å². The van der Waals surface area contributed by atoms with Crippen LogP contribution in [0.15, 0.2) is 18.3 Å². The highest BCUT2D eigenvalue weighted by molar-refractivity contribution is 5.12. The van der Waals surface area contributed by atoms with Crippen molar-refractivity contribution in [2.24, 2.45) is 0 Å².